The molecule has 2 aliphatic rings. The quantitative estimate of drug-likeness (QED) is 0.787. The van der Waals surface area contributed by atoms with Gasteiger partial charge in [-0.05, 0) is 23.4 Å². The molecule has 1 fully saturated rings. The summed E-state index contributed by atoms with van der Waals surface area (Å²) in [5.74, 6) is 0.104. The van der Waals surface area contributed by atoms with E-state index >= 15 is 0 Å². The van der Waals surface area contributed by atoms with Gasteiger partial charge in [0.2, 0.25) is 15.9 Å². The van der Waals surface area contributed by atoms with E-state index in [1.54, 1.807) is 16.2 Å². The molecule has 0 aromatic carbocycles. The molecule has 1 saturated heterocycles. The van der Waals surface area contributed by atoms with Crippen molar-refractivity contribution in [3.05, 3.63) is 21.9 Å². The van der Waals surface area contributed by atoms with Crippen LogP contribution in [0.25, 0.3) is 0 Å². The Morgan fingerprint density at radius 3 is 2.64 bits per heavy atom. The highest BCUT2D eigenvalue weighted by Gasteiger charge is 2.27. The van der Waals surface area contributed by atoms with Gasteiger partial charge in [0.15, 0.2) is 0 Å². The maximum absolute atomic E-state index is 12.4. The largest absolute Gasteiger partial charge is 0.339 e. The Labute approximate surface area is 135 Å². The third kappa shape index (κ3) is 3.51. The Hall–Kier alpha value is -0.960. The molecule has 0 spiro atoms. The van der Waals surface area contributed by atoms with Crippen molar-refractivity contribution in [3.63, 3.8) is 0 Å². The van der Waals surface area contributed by atoms with E-state index in [-0.39, 0.29) is 5.91 Å². The van der Waals surface area contributed by atoms with Crippen LogP contribution in [0.2, 0.25) is 0 Å². The van der Waals surface area contributed by atoms with Crippen molar-refractivity contribution in [1.82, 2.24) is 14.1 Å². The van der Waals surface area contributed by atoms with Gasteiger partial charge in [-0.25, -0.2) is 8.42 Å². The molecule has 122 valence electrons. The second kappa shape index (κ2) is 6.27. The minimum Gasteiger partial charge on any atom is -0.339 e. The molecular formula is C14H21N3O3S2. The first-order valence-corrected chi connectivity index (χ1v) is 10.2. The summed E-state index contributed by atoms with van der Waals surface area (Å²) in [6.45, 7) is 3.97. The van der Waals surface area contributed by atoms with E-state index in [2.05, 4.69) is 16.3 Å². The Balaban J connectivity index is 1.51. The number of piperazine rings is 1. The maximum Gasteiger partial charge on any atom is 0.236 e. The molecule has 0 bridgehead atoms. The zero-order valence-corrected chi connectivity index (χ0v) is 14.3. The average Bonchev–Trinajstić information content (AvgIpc) is 2.94. The second-order valence-corrected chi connectivity index (χ2v) is 8.86. The number of carbonyl (C=O) groups is 1. The molecule has 1 aromatic rings. The number of rotatable bonds is 3. The van der Waals surface area contributed by atoms with Gasteiger partial charge in [0.25, 0.3) is 0 Å². The molecule has 0 N–H and O–H groups in total. The number of amides is 1. The van der Waals surface area contributed by atoms with E-state index < -0.39 is 10.0 Å². The molecule has 8 heteroatoms. The van der Waals surface area contributed by atoms with E-state index in [1.807, 2.05) is 0 Å². The molecule has 3 heterocycles. The van der Waals surface area contributed by atoms with Crippen molar-refractivity contribution >= 4 is 27.3 Å². The lowest BCUT2D eigenvalue weighted by Gasteiger charge is -2.35. The fourth-order valence-corrected chi connectivity index (χ4v) is 4.72. The van der Waals surface area contributed by atoms with Crippen LogP contribution in [0.5, 0.6) is 0 Å². The number of hydrogen-bond donors (Lipinski definition) is 0. The molecule has 0 saturated carbocycles. The highest BCUT2D eigenvalue weighted by molar-refractivity contribution is 7.88. The van der Waals surface area contributed by atoms with Gasteiger partial charge in [-0.2, -0.15) is 4.31 Å². The van der Waals surface area contributed by atoms with Crippen LogP contribution in [0.4, 0.5) is 0 Å². The molecule has 22 heavy (non-hydrogen) atoms. The van der Waals surface area contributed by atoms with Crippen LogP contribution in [0.15, 0.2) is 11.4 Å². The van der Waals surface area contributed by atoms with Crippen molar-refractivity contribution in [3.8, 4) is 0 Å². The lowest BCUT2D eigenvalue weighted by Crippen LogP contribution is -2.52. The summed E-state index contributed by atoms with van der Waals surface area (Å²) in [7, 11) is -3.14. The van der Waals surface area contributed by atoms with Crippen LogP contribution >= 0.6 is 11.3 Å². The van der Waals surface area contributed by atoms with Crippen LogP contribution in [-0.4, -0.2) is 74.0 Å². The van der Waals surface area contributed by atoms with Gasteiger partial charge in [0.05, 0.1) is 12.8 Å². The van der Waals surface area contributed by atoms with Crippen LogP contribution in [0.1, 0.15) is 10.4 Å². The molecule has 0 aliphatic carbocycles. The summed E-state index contributed by atoms with van der Waals surface area (Å²) in [4.78, 5) is 17.8. The van der Waals surface area contributed by atoms with Crippen LogP contribution in [-0.2, 0) is 27.8 Å². The third-order valence-electron chi connectivity index (χ3n) is 4.31. The number of thiophene rings is 1. The molecule has 1 amide bonds. The van der Waals surface area contributed by atoms with Crippen molar-refractivity contribution in [2.24, 2.45) is 0 Å². The summed E-state index contributed by atoms with van der Waals surface area (Å²) in [6.07, 6.45) is 2.23. The molecule has 3 rings (SSSR count). The number of carbonyl (C=O) groups excluding carboxylic acids is 1. The van der Waals surface area contributed by atoms with E-state index in [0.717, 1.165) is 19.5 Å². The summed E-state index contributed by atoms with van der Waals surface area (Å²) >= 11 is 1.79. The van der Waals surface area contributed by atoms with Crippen LogP contribution in [0, 0.1) is 0 Å². The lowest BCUT2D eigenvalue weighted by atomic mass is 10.1. The van der Waals surface area contributed by atoms with Crippen LogP contribution in [0.3, 0.4) is 0 Å². The molecule has 6 nitrogen and oxygen atoms in total. The summed E-state index contributed by atoms with van der Waals surface area (Å²) in [5.41, 5.74) is 1.34. The van der Waals surface area contributed by atoms with Gasteiger partial charge < -0.3 is 4.90 Å². The van der Waals surface area contributed by atoms with Crippen molar-refractivity contribution in [2.45, 2.75) is 13.0 Å². The first-order valence-electron chi connectivity index (χ1n) is 7.44. The van der Waals surface area contributed by atoms with Gasteiger partial charge in [0.1, 0.15) is 0 Å². The van der Waals surface area contributed by atoms with Gasteiger partial charge >= 0.3 is 0 Å². The summed E-state index contributed by atoms with van der Waals surface area (Å²) in [5, 5.41) is 2.11. The number of hydrogen-bond acceptors (Lipinski definition) is 5. The highest BCUT2D eigenvalue weighted by atomic mass is 32.2. The monoisotopic (exact) mass is 343 g/mol. The molecule has 2 aliphatic heterocycles. The first kappa shape index (κ1) is 15.9. The molecular weight excluding hydrogens is 322 g/mol. The number of nitrogens with zero attached hydrogens (tertiary/aromatic N) is 3. The fraction of sp³-hybridized carbons (Fsp3) is 0.643. The lowest BCUT2D eigenvalue weighted by molar-refractivity contribution is -0.133. The van der Waals surface area contributed by atoms with Crippen molar-refractivity contribution in [2.75, 3.05) is 45.5 Å². The van der Waals surface area contributed by atoms with Gasteiger partial charge in [-0.1, -0.05) is 0 Å². The Morgan fingerprint density at radius 1 is 1.23 bits per heavy atom. The average molecular weight is 343 g/mol. The number of fused-ring (bicyclic) bond motifs is 1. The molecule has 0 atom stereocenters. The van der Waals surface area contributed by atoms with Crippen LogP contribution < -0.4 is 0 Å². The predicted octanol–water partition coefficient (Wildman–Crippen LogP) is 0.210. The molecule has 1 aromatic heterocycles. The van der Waals surface area contributed by atoms with E-state index in [1.165, 1.54) is 21.0 Å². The topological polar surface area (TPSA) is 60.9 Å². The van der Waals surface area contributed by atoms with E-state index in [4.69, 9.17) is 0 Å². The third-order valence-corrected chi connectivity index (χ3v) is 6.63. The normalized spacial score (nSPS) is 20.9. The molecule has 0 unspecified atom stereocenters. The zero-order valence-electron chi connectivity index (χ0n) is 12.7. The van der Waals surface area contributed by atoms with Gasteiger partial charge in [-0.3, -0.25) is 9.69 Å². The van der Waals surface area contributed by atoms with Gasteiger partial charge in [0, 0.05) is 44.1 Å². The minimum atomic E-state index is -3.14. The minimum absolute atomic E-state index is 0.104. The molecule has 0 radical (unpaired) electrons. The maximum atomic E-state index is 12.4. The Bertz CT molecular complexity index is 648. The SMILES string of the molecule is CS(=O)(=O)N1CCN(C(=O)CN2CCc3sccc3C2)CC1. The fourth-order valence-electron chi connectivity index (χ4n) is 3.00. The van der Waals surface area contributed by atoms with E-state index in [9.17, 15) is 13.2 Å². The second-order valence-electron chi connectivity index (χ2n) is 5.87. The van der Waals surface area contributed by atoms with Gasteiger partial charge in [-0.15, -0.1) is 11.3 Å². The number of sulfonamides is 1. The Kier molecular flexibility index (Phi) is 4.54. The standard InChI is InChI=1S/C14H21N3O3S2/c1-22(19,20)17-7-5-16(6-8-17)14(18)11-15-4-2-13-12(10-15)3-9-21-13/h3,9H,2,4-8,10-11H2,1H3. The van der Waals surface area contributed by atoms with E-state index in [0.29, 0.717) is 32.7 Å². The smallest absolute Gasteiger partial charge is 0.236 e. The highest BCUT2D eigenvalue weighted by Crippen LogP contribution is 2.23. The van der Waals surface area contributed by atoms with Crippen molar-refractivity contribution < 1.29 is 13.2 Å². The predicted molar refractivity (Wildman–Crippen MR) is 86.3 cm³/mol. The Morgan fingerprint density at radius 2 is 1.95 bits per heavy atom. The zero-order chi connectivity index (χ0) is 15.7. The summed E-state index contributed by atoms with van der Waals surface area (Å²) in [6, 6.07) is 2.14. The first-order chi connectivity index (χ1) is 10.4. The van der Waals surface area contributed by atoms with Crippen molar-refractivity contribution in [1.29, 1.82) is 0 Å². The summed E-state index contributed by atoms with van der Waals surface area (Å²) < 4.78 is 24.4.